The molecule has 0 bridgehead atoms. The molecule has 0 aromatic carbocycles. The maximum Gasteiger partial charge on any atom is 0.309 e. The SMILES string of the molecule is CC1C=CC=C(C(C2=CC(C)C=CC=C2)C(C)(C)CC(C)(C)C(=O)O)C=C1. The molecular formula is C25H34O2. The zero-order valence-electron chi connectivity index (χ0n) is 17.6. The fraction of sp³-hybridized carbons (Fsp3) is 0.480. The molecule has 3 unspecified atom stereocenters. The van der Waals surface area contributed by atoms with E-state index in [2.05, 4.69) is 88.5 Å². The molecular weight excluding hydrogens is 332 g/mol. The van der Waals surface area contributed by atoms with E-state index < -0.39 is 11.4 Å². The second-order valence-corrected chi connectivity index (χ2v) is 9.33. The molecule has 2 nitrogen and oxygen atoms in total. The molecule has 0 aromatic heterocycles. The second kappa shape index (κ2) is 8.29. The topological polar surface area (TPSA) is 37.3 Å². The third-order valence-corrected chi connectivity index (χ3v) is 5.49. The zero-order valence-corrected chi connectivity index (χ0v) is 17.6. The van der Waals surface area contributed by atoms with E-state index in [9.17, 15) is 9.90 Å². The molecule has 2 heteroatoms. The summed E-state index contributed by atoms with van der Waals surface area (Å²) < 4.78 is 0. The average Bonchev–Trinajstić information content (AvgIpc) is 2.87. The summed E-state index contributed by atoms with van der Waals surface area (Å²) in [5.41, 5.74) is 1.50. The highest BCUT2D eigenvalue weighted by Gasteiger charge is 2.41. The van der Waals surface area contributed by atoms with Crippen molar-refractivity contribution < 1.29 is 9.90 Å². The Morgan fingerprint density at radius 2 is 1.63 bits per heavy atom. The lowest BCUT2D eigenvalue weighted by Gasteiger charge is -2.40. The predicted octanol–water partition coefficient (Wildman–Crippen LogP) is 6.51. The Morgan fingerprint density at radius 1 is 0.963 bits per heavy atom. The Morgan fingerprint density at radius 3 is 2.30 bits per heavy atom. The van der Waals surface area contributed by atoms with Gasteiger partial charge in [0.05, 0.1) is 5.41 Å². The fourth-order valence-electron chi connectivity index (χ4n) is 4.34. The van der Waals surface area contributed by atoms with Crippen molar-refractivity contribution in [2.24, 2.45) is 28.6 Å². The van der Waals surface area contributed by atoms with Crippen molar-refractivity contribution in [3.05, 3.63) is 71.9 Å². The molecule has 1 N–H and O–H groups in total. The van der Waals surface area contributed by atoms with Gasteiger partial charge in [0.15, 0.2) is 0 Å². The van der Waals surface area contributed by atoms with E-state index in [1.54, 1.807) is 0 Å². The van der Waals surface area contributed by atoms with Gasteiger partial charge in [-0.25, -0.2) is 0 Å². The summed E-state index contributed by atoms with van der Waals surface area (Å²) in [6.45, 7) is 12.4. The lowest BCUT2D eigenvalue weighted by Crippen LogP contribution is -2.36. The molecule has 0 aliphatic heterocycles. The second-order valence-electron chi connectivity index (χ2n) is 9.33. The Bertz CT molecular complexity index is 738. The van der Waals surface area contributed by atoms with Crippen LogP contribution in [0.1, 0.15) is 48.0 Å². The monoisotopic (exact) mass is 366 g/mol. The number of hydrogen-bond acceptors (Lipinski definition) is 1. The molecule has 2 aliphatic rings. The summed E-state index contributed by atoms with van der Waals surface area (Å²) in [5, 5.41) is 9.70. The van der Waals surface area contributed by atoms with E-state index in [0.29, 0.717) is 18.3 Å². The Kier molecular flexibility index (Phi) is 6.51. The molecule has 0 saturated heterocycles. The van der Waals surface area contributed by atoms with Gasteiger partial charge in [-0.3, -0.25) is 4.79 Å². The minimum absolute atomic E-state index is 0.126. The zero-order chi connectivity index (χ0) is 20.2. The van der Waals surface area contributed by atoms with Gasteiger partial charge >= 0.3 is 5.97 Å². The predicted molar refractivity (Wildman–Crippen MR) is 114 cm³/mol. The van der Waals surface area contributed by atoms with Crippen LogP contribution in [0.3, 0.4) is 0 Å². The van der Waals surface area contributed by atoms with E-state index >= 15 is 0 Å². The molecule has 146 valence electrons. The molecule has 0 heterocycles. The average molecular weight is 367 g/mol. The minimum atomic E-state index is -0.779. The van der Waals surface area contributed by atoms with Gasteiger partial charge in [-0.15, -0.1) is 0 Å². The number of hydrogen-bond donors (Lipinski definition) is 1. The third-order valence-electron chi connectivity index (χ3n) is 5.49. The van der Waals surface area contributed by atoms with Crippen molar-refractivity contribution in [2.75, 3.05) is 0 Å². The molecule has 2 rings (SSSR count). The van der Waals surface area contributed by atoms with Gasteiger partial charge in [-0.1, -0.05) is 88.5 Å². The van der Waals surface area contributed by atoms with Crippen molar-refractivity contribution in [1.82, 2.24) is 0 Å². The van der Waals surface area contributed by atoms with Crippen LogP contribution in [-0.2, 0) is 4.79 Å². The first-order chi connectivity index (χ1) is 12.5. The maximum absolute atomic E-state index is 11.8. The lowest BCUT2D eigenvalue weighted by molar-refractivity contribution is -0.149. The standard InChI is InChI=1S/C25H34O2/c1-18-11-9-13-20(15-14-18)22(21-12-8-7-10-19(2)16-21)24(3,4)17-25(5,6)23(26)27/h7-16,18-19,22H,17H2,1-6H3,(H,26,27). The van der Waals surface area contributed by atoms with E-state index in [-0.39, 0.29) is 11.3 Å². The van der Waals surface area contributed by atoms with Crippen molar-refractivity contribution in [2.45, 2.75) is 48.0 Å². The smallest absolute Gasteiger partial charge is 0.309 e. The number of carboxylic acids is 1. The summed E-state index contributed by atoms with van der Waals surface area (Å²) in [6.07, 6.45) is 22.4. The maximum atomic E-state index is 11.8. The number of allylic oxidation sites excluding steroid dienone is 12. The third kappa shape index (κ3) is 5.45. The first-order valence-electron chi connectivity index (χ1n) is 9.89. The highest BCUT2D eigenvalue weighted by Crippen LogP contribution is 2.47. The molecule has 2 aliphatic carbocycles. The molecule has 0 amide bonds. The van der Waals surface area contributed by atoms with Crippen LogP contribution >= 0.6 is 0 Å². The van der Waals surface area contributed by atoms with Crippen molar-refractivity contribution in [1.29, 1.82) is 0 Å². The van der Waals surface area contributed by atoms with Gasteiger partial charge in [0.1, 0.15) is 0 Å². The van der Waals surface area contributed by atoms with E-state index in [0.717, 1.165) is 0 Å². The van der Waals surface area contributed by atoms with Crippen LogP contribution in [0.25, 0.3) is 0 Å². The molecule has 0 aromatic rings. The first kappa shape index (κ1) is 21.2. The van der Waals surface area contributed by atoms with Gasteiger partial charge < -0.3 is 5.11 Å². The number of rotatable bonds is 6. The number of aliphatic carboxylic acids is 1. The van der Waals surface area contributed by atoms with Gasteiger partial charge in [0, 0.05) is 5.92 Å². The van der Waals surface area contributed by atoms with Crippen LogP contribution in [-0.4, -0.2) is 11.1 Å². The van der Waals surface area contributed by atoms with E-state index in [1.165, 1.54) is 11.1 Å². The van der Waals surface area contributed by atoms with Crippen LogP contribution in [0.4, 0.5) is 0 Å². The van der Waals surface area contributed by atoms with Crippen LogP contribution in [0.15, 0.2) is 71.9 Å². The molecule has 0 spiro atoms. The van der Waals surface area contributed by atoms with Crippen molar-refractivity contribution in [3.8, 4) is 0 Å². The van der Waals surface area contributed by atoms with Crippen molar-refractivity contribution >= 4 is 5.97 Å². The number of carboxylic acid groups (broad SMARTS) is 1. The Labute approximate surface area is 164 Å². The normalized spacial score (nSPS) is 24.1. The first-order valence-corrected chi connectivity index (χ1v) is 9.89. The van der Waals surface area contributed by atoms with E-state index in [1.807, 2.05) is 13.8 Å². The summed E-state index contributed by atoms with van der Waals surface area (Å²) >= 11 is 0. The van der Waals surface area contributed by atoms with Gasteiger partial charge in [0.25, 0.3) is 0 Å². The summed E-state index contributed by atoms with van der Waals surface area (Å²) in [6, 6.07) is 0. The number of carbonyl (C=O) groups is 1. The van der Waals surface area contributed by atoms with Gasteiger partial charge in [-0.2, -0.15) is 0 Å². The van der Waals surface area contributed by atoms with Crippen LogP contribution < -0.4 is 0 Å². The summed E-state index contributed by atoms with van der Waals surface area (Å²) in [7, 11) is 0. The van der Waals surface area contributed by atoms with Gasteiger partial charge in [0.2, 0.25) is 0 Å². The molecule has 27 heavy (non-hydrogen) atoms. The largest absolute Gasteiger partial charge is 0.481 e. The van der Waals surface area contributed by atoms with Crippen LogP contribution in [0.2, 0.25) is 0 Å². The Hall–Kier alpha value is -2.09. The molecule has 0 radical (unpaired) electrons. The fourth-order valence-corrected chi connectivity index (χ4v) is 4.34. The quantitative estimate of drug-likeness (QED) is 0.582. The summed E-state index contributed by atoms with van der Waals surface area (Å²) in [4.78, 5) is 11.8. The molecule has 0 fully saturated rings. The molecule has 3 atom stereocenters. The highest BCUT2D eigenvalue weighted by molar-refractivity contribution is 5.73. The van der Waals surface area contributed by atoms with Gasteiger partial charge in [-0.05, 0) is 48.7 Å². The Balaban J connectivity index is 2.53. The highest BCUT2D eigenvalue weighted by atomic mass is 16.4. The van der Waals surface area contributed by atoms with Crippen LogP contribution in [0.5, 0.6) is 0 Å². The van der Waals surface area contributed by atoms with Crippen LogP contribution in [0, 0.1) is 28.6 Å². The van der Waals surface area contributed by atoms with Crippen molar-refractivity contribution in [3.63, 3.8) is 0 Å². The van der Waals surface area contributed by atoms with E-state index in [4.69, 9.17) is 0 Å². The minimum Gasteiger partial charge on any atom is -0.481 e. The summed E-state index contributed by atoms with van der Waals surface area (Å²) in [5.74, 6) is 0.136. The molecule has 0 saturated carbocycles. The lowest BCUT2D eigenvalue weighted by atomic mass is 9.63.